The number of benzene rings is 1. The van der Waals surface area contributed by atoms with Crippen molar-refractivity contribution in [3.63, 3.8) is 0 Å². The van der Waals surface area contributed by atoms with E-state index in [1.165, 1.54) is 32.8 Å². The predicted molar refractivity (Wildman–Crippen MR) is 95.3 cm³/mol. The van der Waals surface area contributed by atoms with Crippen molar-refractivity contribution in [1.82, 2.24) is 4.90 Å². The summed E-state index contributed by atoms with van der Waals surface area (Å²) in [6, 6.07) is 8.74. The van der Waals surface area contributed by atoms with E-state index >= 15 is 0 Å². The molecule has 0 aliphatic rings. The van der Waals surface area contributed by atoms with Crippen LogP contribution in [0.5, 0.6) is 0 Å². The van der Waals surface area contributed by atoms with Crippen molar-refractivity contribution >= 4 is 11.9 Å². The summed E-state index contributed by atoms with van der Waals surface area (Å²) >= 11 is 0. The highest BCUT2D eigenvalue weighted by Gasteiger charge is 2.27. The topological polar surface area (TPSA) is 72.6 Å². The lowest BCUT2D eigenvalue weighted by atomic mass is 10.0. The van der Waals surface area contributed by atoms with Crippen LogP contribution in [0.3, 0.4) is 0 Å². The average Bonchev–Trinajstić information content (AvgIpc) is 2.58. The molecule has 1 unspecified atom stereocenters. The molecule has 0 aliphatic carbocycles. The molecular formula is C19H30N2O3. The Bertz CT molecular complexity index is 491. The lowest BCUT2D eigenvalue weighted by Gasteiger charge is -2.29. The van der Waals surface area contributed by atoms with Crippen LogP contribution in [0, 0.1) is 0 Å². The van der Waals surface area contributed by atoms with E-state index in [0.717, 1.165) is 18.4 Å². The summed E-state index contributed by atoms with van der Waals surface area (Å²) in [6.07, 6.45) is 6.87. The fraction of sp³-hybridized carbons (Fsp3) is 0.579. The van der Waals surface area contributed by atoms with E-state index in [1.807, 2.05) is 35.2 Å². The van der Waals surface area contributed by atoms with Gasteiger partial charge in [0, 0.05) is 0 Å². The van der Waals surface area contributed by atoms with Crippen molar-refractivity contribution in [2.24, 2.45) is 5.73 Å². The molecule has 0 aliphatic heterocycles. The van der Waals surface area contributed by atoms with Gasteiger partial charge in [-0.25, -0.2) is 0 Å². The molecule has 1 aromatic carbocycles. The summed E-state index contributed by atoms with van der Waals surface area (Å²) < 4.78 is 4.77. The molecule has 0 spiro atoms. The summed E-state index contributed by atoms with van der Waals surface area (Å²) in [5, 5.41) is 0. The van der Waals surface area contributed by atoms with Crippen LogP contribution in [-0.4, -0.2) is 37.0 Å². The second-order valence-corrected chi connectivity index (χ2v) is 6.03. The molecule has 24 heavy (non-hydrogen) atoms. The van der Waals surface area contributed by atoms with E-state index in [-0.39, 0.29) is 12.5 Å². The van der Waals surface area contributed by atoms with Crippen LogP contribution in [-0.2, 0) is 14.3 Å². The average molecular weight is 334 g/mol. The molecule has 0 aromatic heterocycles. The zero-order chi connectivity index (χ0) is 17.8. The number of methoxy groups -OCH3 is 1. The molecule has 0 saturated heterocycles. The van der Waals surface area contributed by atoms with Crippen LogP contribution in [0.15, 0.2) is 30.3 Å². The van der Waals surface area contributed by atoms with Crippen LogP contribution in [0.2, 0.25) is 0 Å². The van der Waals surface area contributed by atoms with Gasteiger partial charge in [-0.1, -0.05) is 69.4 Å². The molecule has 5 heteroatoms. The first-order chi connectivity index (χ1) is 11.6. The maximum atomic E-state index is 12.0. The lowest BCUT2D eigenvalue weighted by Crippen LogP contribution is -2.41. The van der Waals surface area contributed by atoms with Crippen molar-refractivity contribution in [3.05, 3.63) is 35.9 Å². The second-order valence-electron chi connectivity index (χ2n) is 6.03. The minimum Gasteiger partial charge on any atom is -0.468 e. The van der Waals surface area contributed by atoms with E-state index in [2.05, 4.69) is 6.92 Å². The third kappa shape index (κ3) is 7.13. The van der Waals surface area contributed by atoms with Gasteiger partial charge in [0.2, 0.25) is 5.91 Å². The van der Waals surface area contributed by atoms with Crippen LogP contribution in [0.1, 0.15) is 57.1 Å². The highest BCUT2D eigenvalue weighted by atomic mass is 16.5. The number of nitrogens with zero attached hydrogens (tertiary/aromatic N) is 1. The number of primary amides is 1. The highest BCUT2D eigenvalue weighted by molar-refractivity contribution is 5.82. The molecule has 0 radical (unpaired) electrons. The van der Waals surface area contributed by atoms with Gasteiger partial charge in [0.25, 0.3) is 0 Å². The van der Waals surface area contributed by atoms with E-state index < -0.39 is 11.9 Å². The van der Waals surface area contributed by atoms with Gasteiger partial charge in [-0.3, -0.25) is 14.5 Å². The van der Waals surface area contributed by atoms with E-state index in [1.54, 1.807) is 0 Å². The molecule has 2 N–H and O–H groups in total. The SMILES string of the molecule is CCCCCCCCN(CC(=O)OC)C(C(N)=O)c1ccccc1. The van der Waals surface area contributed by atoms with Gasteiger partial charge in [0.05, 0.1) is 13.7 Å². The first-order valence-electron chi connectivity index (χ1n) is 8.75. The summed E-state index contributed by atoms with van der Waals surface area (Å²) in [5.74, 6) is -0.806. The second kappa shape index (κ2) is 11.6. The quantitative estimate of drug-likeness (QED) is 0.471. The van der Waals surface area contributed by atoms with Gasteiger partial charge >= 0.3 is 5.97 Å². The Balaban J connectivity index is 2.74. The smallest absolute Gasteiger partial charge is 0.319 e. The Morgan fingerprint density at radius 3 is 2.29 bits per heavy atom. The van der Waals surface area contributed by atoms with Crippen molar-refractivity contribution in [2.45, 2.75) is 51.5 Å². The van der Waals surface area contributed by atoms with Gasteiger partial charge in [0.15, 0.2) is 0 Å². The summed E-state index contributed by atoms with van der Waals surface area (Å²) in [7, 11) is 1.35. The number of hydrogen-bond acceptors (Lipinski definition) is 4. The third-order valence-electron chi connectivity index (χ3n) is 4.11. The number of nitrogens with two attached hydrogens (primary N) is 1. The van der Waals surface area contributed by atoms with Gasteiger partial charge in [-0.2, -0.15) is 0 Å². The molecular weight excluding hydrogens is 304 g/mol. The highest BCUT2D eigenvalue weighted by Crippen LogP contribution is 2.21. The first kappa shape index (κ1) is 20.2. The largest absolute Gasteiger partial charge is 0.468 e. The Morgan fingerprint density at radius 2 is 1.71 bits per heavy atom. The van der Waals surface area contributed by atoms with E-state index in [0.29, 0.717) is 6.54 Å². The Kier molecular flexibility index (Phi) is 9.77. The molecule has 0 bridgehead atoms. The lowest BCUT2D eigenvalue weighted by molar-refractivity contribution is -0.143. The zero-order valence-corrected chi connectivity index (χ0v) is 14.9. The molecule has 1 rings (SSSR count). The number of esters is 1. The van der Waals surface area contributed by atoms with Crippen LogP contribution in [0.4, 0.5) is 0 Å². The van der Waals surface area contributed by atoms with Crippen LogP contribution >= 0.6 is 0 Å². The Labute approximate surface area is 145 Å². The Morgan fingerprint density at radius 1 is 1.08 bits per heavy atom. The monoisotopic (exact) mass is 334 g/mol. The maximum absolute atomic E-state index is 12.0. The summed E-state index contributed by atoms with van der Waals surface area (Å²) in [5.41, 5.74) is 6.43. The van der Waals surface area contributed by atoms with Gasteiger partial charge < -0.3 is 10.5 Å². The number of carbonyl (C=O) groups excluding carboxylic acids is 2. The molecule has 0 fully saturated rings. The fourth-order valence-electron chi connectivity index (χ4n) is 2.82. The molecule has 0 saturated carbocycles. The molecule has 5 nitrogen and oxygen atoms in total. The van der Waals surface area contributed by atoms with Gasteiger partial charge in [0.1, 0.15) is 6.04 Å². The minimum absolute atomic E-state index is 0.0635. The van der Waals surface area contributed by atoms with Crippen molar-refractivity contribution in [2.75, 3.05) is 20.2 Å². The van der Waals surface area contributed by atoms with Crippen LogP contribution in [0.25, 0.3) is 0 Å². The van der Waals surface area contributed by atoms with E-state index in [9.17, 15) is 9.59 Å². The molecule has 1 amide bonds. The number of carbonyl (C=O) groups is 2. The number of amides is 1. The molecule has 0 heterocycles. The molecule has 134 valence electrons. The fourth-order valence-corrected chi connectivity index (χ4v) is 2.82. The van der Waals surface area contributed by atoms with E-state index in [4.69, 9.17) is 10.5 Å². The van der Waals surface area contributed by atoms with Crippen molar-refractivity contribution in [3.8, 4) is 0 Å². The van der Waals surface area contributed by atoms with Crippen LogP contribution < -0.4 is 5.73 Å². The van der Waals surface area contributed by atoms with Gasteiger partial charge in [-0.05, 0) is 18.5 Å². The number of rotatable bonds is 12. The number of hydrogen-bond donors (Lipinski definition) is 1. The van der Waals surface area contributed by atoms with Gasteiger partial charge in [-0.15, -0.1) is 0 Å². The van der Waals surface area contributed by atoms with Crippen molar-refractivity contribution < 1.29 is 14.3 Å². The van der Waals surface area contributed by atoms with Crippen molar-refractivity contribution in [1.29, 1.82) is 0 Å². The first-order valence-corrected chi connectivity index (χ1v) is 8.75. The predicted octanol–water partition coefficient (Wildman–Crippen LogP) is 3.05. The number of ether oxygens (including phenoxy) is 1. The minimum atomic E-state index is -0.610. The third-order valence-corrected chi connectivity index (χ3v) is 4.11. The molecule has 1 aromatic rings. The number of unbranched alkanes of at least 4 members (excludes halogenated alkanes) is 5. The normalized spacial score (nSPS) is 12.1. The summed E-state index contributed by atoms with van der Waals surface area (Å²) in [6.45, 7) is 2.90. The molecule has 1 atom stereocenters. The summed E-state index contributed by atoms with van der Waals surface area (Å²) in [4.78, 5) is 25.6. The Hall–Kier alpha value is -1.88. The standard InChI is InChI=1S/C19H30N2O3/c1-3-4-5-6-7-11-14-21(15-17(22)24-2)18(19(20)23)16-12-9-8-10-13-16/h8-10,12-13,18H,3-7,11,14-15H2,1-2H3,(H2,20,23). The maximum Gasteiger partial charge on any atom is 0.319 e. The zero-order valence-electron chi connectivity index (χ0n) is 14.9.